The van der Waals surface area contributed by atoms with Crippen LogP contribution in [0.2, 0.25) is 0 Å². The third-order valence-electron chi connectivity index (χ3n) is 4.61. The Hall–Kier alpha value is -2.82. The van der Waals surface area contributed by atoms with E-state index in [0.29, 0.717) is 18.8 Å². The summed E-state index contributed by atoms with van der Waals surface area (Å²) in [6.07, 6.45) is 0.531. The van der Waals surface area contributed by atoms with Crippen molar-refractivity contribution in [2.24, 2.45) is 0 Å². The number of para-hydroxylation sites is 2. The van der Waals surface area contributed by atoms with Crippen molar-refractivity contribution in [1.29, 1.82) is 0 Å². The number of amides is 2. The summed E-state index contributed by atoms with van der Waals surface area (Å²) >= 11 is 0. The Morgan fingerprint density at radius 2 is 1.88 bits per heavy atom. The molecule has 0 fully saturated rings. The van der Waals surface area contributed by atoms with Crippen LogP contribution in [-0.4, -0.2) is 31.0 Å². The summed E-state index contributed by atoms with van der Waals surface area (Å²) in [5.74, 6) is 0.513. The number of ether oxygens (including phenoxy) is 1. The summed E-state index contributed by atoms with van der Waals surface area (Å²) in [5.41, 5.74) is 3.19. The second kappa shape index (κ2) is 8.04. The van der Waals surface area contributed by atoms with Crippen LogP contribution in [0.3, 0.4) is 0 Å². The van der Waals surface area contributed by atoms with Gasteiger partial charge in [-0.2, -0.15) is 0 Å². The fourth-order valence-corrected chi connectivity index (χ4v) is 3.12. The third kappa shape index (κ3) is 4.04. The Labute approximate surface area is 154 Å². The maximum absolute atomic E-state index is 12.4. The van der Waals surface area contributed by atoms with Gasteiger partial charge in [0.2, 0.25) is 5.91 Å². The number of aryl methyl sites for hydroxylation is 1. The molecule has 0 saturated carbocycles. The highest BCUT2D eigenvalue weighted by Crippen LogP contribution is 2.33. The van der Waals surface area contributed by atoms with Gasteiger partial charge in [0.05, 0.1) is 5.69 Å². The van der Waals surface area contributed by atoms with E-state index in [-0.39, 0.29) is 18.2 Å². The molecule has 0 spiro atoms. The van der Waals surface area contributed by atoms with Crippen molar-refractivity contribution in [3.05, 3.63) is 59.7 Å². The first-order valence-corrected chi connectivity index (χ1v) is 8.94. The van der Waals surface area contributed by atoms with E-state index in [9.17, 15) is 9.59 Å². The van der Waals surface area contributed by atoms with E-state index in [4.69, 9.17) is 4.74 Å². The lowest BCUT2D eigenvalue weighted by Crippen LogP contribution is -2.45. The molecule has 2 aromatic carbocycles. The average Bonchev–Trinajstić information content (AvgIpc) is 2.64. The van der Waals surface area contributed by atoms with Gasteiger partial charge in [-0.25, -0.2) is 0 Å². The summed E-state index contributed by atoms with van der Waals surface area (Å²) in [5, 5.41) is 2.94. The van der Waals surface area contributed by atoms with E-state index in [0.717, 1.165) is 12.1 Å². The molecule has 26 heavy (non-hydrogen) atoms. The van der Waals surface area contributed by atoms with E-state index >= 15 is 0 Å². The highest BCUT2D eigenvalue weighted by Gasteiger charge is 2.31. The quantitative estimate of drug-likeness (QED) is 0.870. The van der Waals surface area contributed by atoms with Crippen LogP contribution in [0.15, 0.2) is 48.5 Å². The normalized spacial score (nSPS) is 16.0. The summed E-state index contributed by atoms with van der Waals surface area (Å²) in [6.45, 7) is 4.74. The van der Waals surface area contributed by atoms with Gasteiger partial charge in [-0.15, -0.1) is 0 Å². The molecule has 5 heteroatoms. The molecule has 1 aliphatic heterocycles. The maximum atomic E-state index is 12.4. The van der Waals surface area contributed by atoms with Gasteiger partial charge >= 0.3 is 0 Å². The number of fused-ring (bicyclic) bond motifs is 1. The monoisotopic (exact) mass is 352 g/mol. The van der Waals surface area contributed by atoms with Crippen molar-refractivity contribution < 1.29 is 14.3 Å². The van der Waals surface area contributed by atoms with Gasteiger partial charge in [0.25, 0.3) is 5.91 Å². The number of benzene rings is 2. The Kier molecular flexibility index (Phi) is 5.56. The van der Waals surface area contributed by atoms with Crippen LogP contribution in [0.1, 0.15) is 24.5 Å². The Morgan fingerprint density at radius 1 is 1.15 bits per heavy atom. The average molecular weight is 352 g/mol. The van der Waals surface area contributed by atoms with Crippen molar-refractivity contribution in [3.63, 3.8) is 0 Å². The van der Waals surface area contributed by atoms with Gasteiger partial charge in [0, 0.05) is 19.5 Å². The molecule has 0 aliphatic carbocycles. The van der Waals surface area contributed by atoms with E-state index < -0.39 is 6.10 Å². The van der Waals surface area contributed by atoms with Crippen LogP contribution in [0.4, 0.5) is 5.69 Å². The zero-order valence-corrected chi connectivity index (χ0v) is 15.2. The molecule has 5 nitrogen and oxygen atoms in total. The molecule has 2 aromatic rings. The van der Waals surface area contributed by atoms with Crippen LogP contribution in [0.25, 0.3) is 0 Å². The smallest absolute Gasteiger partial charge is 0.267 e. The molecule has 1 heterocycles. The molecule has 1 N–H and O–H groups in total. The fourth-order valence-electron chi connectivity index (χ4n) is 3.12. The van der Waals surface area contributed by atoms with Crippen molar-refractivity contribution in [2.75, 3.05) is 18.0 Å². The van der Waals surface area contributed by atoms with Gasteiger partial charge < -0.3 is 15.0 Å². The highest BCUT2D eigenvalue weighted by molar-refractivity contribution is 6.00. The lowest BCUT2D eigenvalue weighted by molar-refractivity contribution is -0.125. The van der Waals surface area contributed by atoms with E-state index in [1.807, 2.05) is 36.4 Å². The molecular formula is C21H24N2O3. The molecule has 1 aliphatic rings. The summed E-state index contributed by atoms with van der Waals surface area (Å²) in [6, 6.07) is 15.6. The Balaban J connectivity index is 1.53. The minimum Gasteiger partial charge on any atom is -0.479 e. The fraction of sp³-hybridized carbons (Fsp3) is 0.333. The van der Waals surface area contributed by atoms with Crippen LogP contribution >= 0.6 is 0 Å². The molecule has 136 valence electrons. The number of anilines is 1. The van der Waals surface area contributed by atoms with Crippen molar-refractivity contribution in [3.8, 4) is 5.75 Å². The lowest BCUT2D eigenvalue weighted by atomic mass is 10.1. The molecule has 0 unspecified atom stereocenters. The number of hydrogen-bond acceptors (Lipinski definition) is 3. The van der Waals surface area contributed by atoms with Crippen LogP contribution in [-0.2, 0) is 16.0 Å². The molecule has 3 rings (SSSR count). The Morgan fingerprint density at radius 3 is 2.69 bits per heavy atom. The van der Waals surface area contributed by atoms with Crippen LogP contribution in [0, 0.1) is 6.92 Å². The Bertz CT molecular complexity index is 803. The summed E-state index contributed by atoms with van der Waals surface area (Å²) in [7, 11) is 0. The second-order valence-corrected chi connectivity index (χ2v) is 6.49. The topological polar surface area (TPSA) is 58.6 Å². The number of hydrogen-bond donors (Lipinski definition) is 1. The number of rotatable bonds is 6. The minimum atomic E-state index is -0.533. The van der Waals surface area contributed by atoms with Crippen LogP contribution < -0.4 is 15.0 Å². The zero-order chi connectivity index (χ0) is 18.5. The first kappa shape index (κ1) is 18.0. The molecule has 2 amide bonds. The first-order valence-electron chi connectivity index (χ1n) is 8.94. The van der Waals surface area contributed by atoms with Crippen molar-refractivity contribution in [1.82, 2.24) is 5.32 Å². The van der Waals surface area contributed by atoms with Crippen molar-refractivity contribution >= 4 is 17.5 Å². The number of carbonyl (C=O) groups excluding carboxylic acids is 2. The van der Waals surface area contributed by atoms with E-state index in [1.54, 1.807) is 11.8 Å². The summed E-state index contributed by atoms with van der Waals surface area (Å²) in [4.78, 5) is 26.2. The van der Waals surface area contributed by atoms with Crippen molar-refractivity contribution in [2.45, 2.75) is 32.8 Å². The molecule has 0 bridgehead atoms. The first-order chi connectivity index (χ1) is 12.6. The zero-order valence-electron chi connectivity index (χ0n) is 15.2. The van der Waals surface area contributed by atoms with Gasteiger partial charge in [0.15, 0.2) is 6.10 Å². The van der Waals surface area contributed by atoms with Gasteiger partial charge in [-0.1, -0.05) is 36.4 Å². The minimum absolute atomic E-state index is 0.0528. The van der Waals surface area contributed by atoms with Gasteiger partial charge in [-0.05, 0) is 43.5 Å². The molecule has 0 radical (unpaired) electrons. The van der Waals surface area contributed by atoms with E-state index in [1.165, 1.54) is 11.1 Å². The maximum Gasteiger partial charge on any atom is 0.267 e. The van der Waals surface area contributed by atoms with Gasteiger partial charge in [0.1, 0.15) is 5.75 Å². The predicted octanol–water partition coefficient (Wildman–Crippen LogP) is 2.86. The molecule has 0 aromatic heterocycles. The second-order valence-electron chi connectivity index (χ2n) is 6.49. The van der Waals surface area contributed by atoms with E-state index in [2.05, 4.69) is 24.4 Å². The number of nitrogens with one attached hydrogen (secondary N) is 1. The SMILES string of the molecule is Cc1ccccc1CCNC(=O)CCN1C(=O)[C@@H](C)Oc2ccccc21. The summed E-state index contributed by atoms with van der Waals surface area (Å²) < 4.78 is 5.61. The standard InChI is InChI=1S/C21H24N2O3/c1-15-7-3-4-8-17(15)11-13-22-20(24)12-14-23-18-9-5-6-10-19(18)26-16(2)21(23)25/h3-10,16H,11-14H2,1-2H3,(H,22,24)/t16-/m1/s1. The number of carbonyl (C=O) groups is 2. The van der Waals surface area contributed by atoms with Crippen LogP contribution in [0.5, 0.6) is 5.75 Å². The lowest BCUT2D eigenvalue weighted by Gasteiger charge is -2.32. The van der Waals surface area contributed by atoms with Gasteiger partial charge in [-0.3, -0.25) is 9.59 Å². The highest BCUT2D eigenvalue weighted by atomic mass is 16.5. The third-order valence-corrected chi connectivity index (χ3v) is 4.61. The molecule has 0 saturated heterocycles. The molecule has 1 atom stereocenters. The largest absolute Gasteiger partial charge is 0.479 e. The molecular weight excluding hydrogens is 328 g/mol. The predicted molar refractivity (Wildman–Crippen MR) is 101 cm³/mol. The number of nitrogens with zero attached hydrogens (tertiary/aromatic N) is 1.